The van der Waals surface area contributed by atoms with E-state index in [2.05, 4.69) is 15.6 Å². The third-order valence-corrected chi connectivity index (χ3v) is 8.18. The Morgan fingerprint density at radius 1 is 0.947 bits per heavy atom. The number of anilines is 3. The number of hydrogen-bond acceptors (Lipinski definition) is 6. The Labute approximate surface area is 223 Å². The van der Waals surface area contributed by atoms with Crippen molar-refractivity contribution in [2.45, 2.75) is 11.8 Å². The maximum atomic E-state index is 14.0. The summed E-state index contributed by atoms with van der Waals surface area (Å²) in [6.07, 6.45) is 2.86. The lowest BCUT2D eigenvalue weighted by atomic mass is 10.0. The van der Waals surface area contributed by atoms with Crippen molar-refractivity contribution in [2.75, 3.05) is 22.6 Å². The standard InChI is InChI=1S/C28H23FN4O3S2/c1-16-3-12-23(29)24(13-16)33-28(34)32-19-8-4-18(5-9-19)22-15-37-26-21(14-31-27(30)25(22)26)17-6-10-20(11-7-17)38(2,35)36/h3-15H,1-2H3,(H2,30,31)(H2,32,33,34). The molecule has 0 radical (unpaired) electrons. The molecular weight excluding hydrogens is 523 g/mol. The molecule has 0 unspecified atom stereocenters. The molecule has 0 spiro atoms. The van der Waals surface area contributed by atoms with E-state index in [1.807, 2.05) is 24.4 Å². The van der Waals surface area contributed by atoms with Crippen LogP contribution in [0.15, 0.2) is 83.2 Å². The van der Waals surface area contributed by atoms with Gasteiger partial charge in [-0.05, 0) is 65.4 Å². The molecule has 2 heterocycles. The molecule has 0 aliphatic rings. The molecule has 0 aliphatic heterocycles. The molecule has 4 N–H and O–H groups in total. The molecule has 0 bridgehead atoms. The van der Waals surface area contributed by atoms with Crippen LogP contribution >= 0.6 is 11.3 Å². The normalized spacial score (nSPS) is 11.4. The topological polar surface area (TPSA) is 114 Å². The number of carbonyl (C=O) groups excluding carboxylic acids is 1. The van der Waals surface area contributed by atoms with E-state index in [-0.39, 0.29) is 10.6 Å². The number of hydrogen-bond donors (Lipinski definition) is 3. The lowest BCUT2D eigenvalue weighted by Crippen LogP contribution is -2.20. The first-order valence-electron chi connectivity index (χ1n) is 11.5. The van der Waals surface area contributed by atoms with Gasteiger partial charge in [0.05, 0.1) is 10.6 Å². The molecule has 7 nitrogen and oxygen atoms in total. The van der Waals surface area contributed by atoms with Gasteiger partial charge < -0.3 is 16.4 Å². The highest BCUT2D eigenvalue weighted by molar-refractivity contribution is 7.90. The molecule has 10 heteroatoms. The number of thiophene rings is 1. The average molecular weight is 547 g/mol. The SMILES string of the molecule is Cc1ccc(F)c(NC(=O)Nc2ccc(-c3csc4c(-c5ccc(S(C)(=O)=O)cc5)cnc(N)c34)cc2)c1. The van der Waals surface area contributed by atoms with E-state index in [9.17, 15) is 17.6 Å². The first-order valence-corrected chi connectivity index (χ1v) is 14.3. The fourth-order valence-corrected chi connectivity index (χ4v) is 5.87. The lowest BCUT2D eigenvalue weighted by molar-refractivity contribution is 0.262. The minimum Gasteiger partial charge on any atom is -0.383 e. The summed E-state index contributed by atoms with van der Waals surface area (Å²) in [6, 6.07) is 17.8. The van der Waals surface area contributed by atoms with Gasteiger partial charge in [0.15, 0.2) is 9.84 Å². The summed E-state index contributed by atoms with van der Waals surface area (Å²) >= 11 is 1.52. The number of rotatable bonds is 5. The highest BCUT2D eigenvalue weighted by Gasteiger charge is 2.16. The third-order valence-electron chi connectivity index (χ3n) is 6.04. The summed E-state index contributed by atoms with van der Waals surface area (Å²) in [5.41, 5.74) is 11.2. The van der Waals surface area contributed by atoms with Gasteiger partial charge in [-0.15, -0.1) is 11.3 Å². The molecule has 2 aromatic heterocycles. The highest BCUT2D eigenvalue weighted by atomic mass is 32.2. The Kier molecular flexibility index (Phi) is 6.60. The Balaban J connectivity index is 1.40. The van der Waals surface area contributed by atoms with Gasteiger partial charge >= 0.3 is 6.03 Å². The number of halogens is 1. The number of amides is 2. The summed E-state index contributed by atoms with van der Waals surface area (Å²) in [5, 5.41) is 8.03. The van der Waals surface area contributed by atoms with Gasteiger partial charge in [0.25, 0.3) is 0 Å². The number of benzene rings is 3. The lowest BCUT2D eigenvalue weighted by Gasteiger charge is -2.10. The number of nitrogens with two attached hydrogens (primary N) is 1. The van der Waals surface area contributed by atoms with Crippen molar-refractivity contribution >= 4 is 54.5 Å². The van der Waals surface area contributed by atoms with Gasteiger partial charge in [-0.2, -0.15) is 0 Å². The molecule has 0 aliphatic carbocycles. The van der Waals surface area contributed by atoms with Gasteiger partial charge in [0.2, 0.25) is 0 Å². The largest absolute Gasteiger partial charge is 0.383 e. The zero-order valence-corrected chi connectivity index (χ0v) is 22.1. The second kappa shape index (κ2) is 9.88. The van der Waals surface area contributed by atoms with Gasteiger partial charge in [0.1, 0.15) is 11.6 Å². The summed E-state index contributed by atoms with van der Waals surface area (Å²) < 4.78 is 38.5. The molecule has 38 heavy (non-hydrogen) atoms. The Hall–Kier alpha value is -4.28. The minimum absolute atomic E-state index is 0.105. The van der Waals surface area contributed by atoms with Gasteiger partial charge in [0, 0.05) is 39.4 Å². The molecule has 192 valence electrons. The highest BCUT2D eigenvalue weighted by Crippen LogP contribution is 2.42. The molecule has 5 rings (SSSR count). The molecule has 3 aromatic carbocycles. The Bertz CT molecular complexity index is 1780. The number of aromatic nitrogens is 1. The number of fused-ring (bicyclic) bond motifs is 1. The van der Waals surface area contributed by atoms with Crippen molar-refractivity contribution in [1.29, 1.82) is 0 Å². The van der Waals surface area contributed by atoms with Crippen LogP contribution in [0.1, 0.15) is 5.56 Å². The Morgan fingerprint density at radius 2 is 1.61 bits per heavy atom. The second-order valence-electron chi connectivity index (χ2n) is 8.85. The smallest absolute Gasteiger partial charge is 0.323 e. The van der Waals surface area contributed by atoms with Crippen LogP contribution in [0.5, 0.6) is 0 Å². The average Bonchev–Trinajstić information content (AvgIpc) is 3.33. The van der Waals surface area contributed by atoms with Crippen molar-refractivity contribution < 1.29 is 17.6 Å². The van der Waals surface area contributed by atoms with E-state index >= 15 is 0 Å². The van der Waals surface area contributed by atoms with Crippen LogP contribution in [0.25, 0.3) is 32.3 Å². The number of nitrogen functional groups attached to an aromatic ring is 1. The van der Waals surface area contributed by atoms with Crippen molar-refractivity contribution in [3.63, 3.8) is 0 Å². The third kappa shape index (κ3) is 5.09. The minimum atomic E-state index is -3.29. The first-order chi connectivity index (χ1) is 18.1. The maximum Gasteiger partial charge on any atom is 0.323 e. The van der Waals surface area contributed by atoms with Crippen LogP contribution < -0.4 is 16.4 Å². The number of pyridine rings is 1. The van der Waals surface area contributed by atoms with Gasteiger partial charge in [-0.1, -0.05) is 30.3 Å². The number of nitrogens with zero attached hydrogens (tertiary/aromatic N) is 1. The molecule has 0 fully saturated rings. The predicted octanol–water partition coefficient (Wildman–Crippen LogP) is 6.71. The van der Waals surface area contributed by atoms with E-state index in [4.69, 9.17) is 5.73 Å². The number of urea groups is 1. The zero-order valence-electron chi connectivity index (χ0n) is 20.4. The number of aryl methyl sites for hydroxylation is 1. The molecule has 2 amide bonds. The predicted molar refractivity (Wildman–Crippen MR) is 152 cm³/mol. The van der Waals surface area contributed by atoms with Crippen molar-refractivity contribution in [2.24, 2.45) is 0 Å². The fourth-order valence-electron chi connectivity index (χ4n) is 4.12. The number of nitrogens with one attached hydrogen (secondary N) is 2. The van der Waals surface area contributed by atoms with Crippen molar-refractivity contribution in [3.05, 3.63) is 89.7 Å². The summed E-state index contributed by atoms with van der Waals surface area (Å²) in [6.45, 7) is 1.81. The van der Waals surface area contributed by atoms with Crippen LogP contribution in [-0.2, 0) is 9.84 Å². The van der Waals surface area contributed by atoms with Gasteiger partial charge in [-0.3, -0.25) is 0 Å². The summed E-state index contributed by atoms with van der Waals surface area (Å²) in [4.78, 5) is 17.0. The van der Waals surface area contributed by atoms with E-state index in [1.54, 1.807) is 54.7 Å². The van der Waals surface area contributed by atoms with Gasteiger partial charge in [-0.25, -0.2) is 22.6 Å². The number of sulfone groups is 1. The molecule has 0 saturated carbocycles. The van der Waals surface area contributed by atoms with Crippen molar-refractivity contribution in [3.8, 4) is 22.3 Å². The monoisotopic (exact) mass is 546 g/mol. The zero-order chi connectivity index (χ0) is 27.0. The van der Waals surface area contributed by atoms with E-state index < -0.39 is 21.7 Å². The van der Waals surface area contributed by atoms with E-state index in [0.717, 1.165) is 37.9 Å². The molecule has 0 saturated heterocycles. The molecule has 5 aromatic rings. The maximum absolute atomic E-state index is 14.0. The van der Waals surface area contributed by atoms with E-state index in [0.29, 0.717) is 11.5 Å². The Morgan fingerprint density at radius 3 is 2.29 bits per heavy atom. The summed E-state index contributed by atoms with van der Waals surface area (Å²) in [7, 11) is -3.29. The molecular formula is C28H23FN4O3S2. The number of carbonyl (C=O) groups is 1. The first kappa shape index (κ1) is 25.4. The van der Waals surface area contributed by atoms with Crippen LogP contribution in [0, 0.1) is 12.7 Å². The van der Waals surface area contributed by atoms with Crippen LogP contribution in [0.3, 0.4) is 0 Å². The second-order valence-corrected chi connectivity index (χ2v) is 11.7. The van der Waals surface area contributed by atoms with E-state index in [1.165, 1.54) is 23.7 Å². The van der Waals surface area contributed by atoms with Crippen LogP contribution in [0.4, 0.5) is 26.4 Å². The van der Waals surface area contributed by atoms with Crippen molar-refractivity contribution in [1.82, 2.24) is 4.98 Å². The molecule has 0 atom stereocenters. The quantitative estimate of drug-likeness (QED) is 0.227. The summed E-state index contributed by atoms with van der Waals surface area (Å²) in [5.74, 6) is -0.128. The van der Waals surface area contributed by atoms with Crippen LogP contribution in [-0.4, -0.2) is 25.7 Å². The fraction of sp³-hybridized carbons (Fsp3) is 0.0714. The van der Waals surface area contributed by atoms with Crippen LogP contribution in [0.2, 0.25) is 0 Å².